The SMILES string of the molecule is N#CC=Cc1ccc2c(c1)C(=O)CC2. The molecular weight excluding hydrogens is 174 g/mol. The zero-order chi connectivity index (χ0) is 9.97. The summed E-state index contributed by atoms with van der Waals surface area (Å²) < 4.78 is 0. The molecule has 2 rings (SSSR count). The summed E-state index contributed by atoms with van der Waals surface area (Å²) in [5.74, 6) is 0.215. The molecule has 0 saturated heterocycles. The molecule has 0 aromatic heterocycles. The molecule has 2 nitrogen and oxygen atoms in total. The number of hydrogen-bond donors (Lipinski definition) is 0. The molecule has 0 radical (unpaired) electrons. The van der Waals surface area contributed by atoms with Gasteiger partial charge in [-0.3, -0.25) is 4.79 Å². The first kappa shape index (κ1) is 8.71. The van der Waals surface area contributed by atoms with Crippen LogP contribution in [-0.2, 0) is 6.42 Å². The molecule has 0 N–H and O–H groups in total. The van der Waals surface area contributed by atoms with Crippen LogP contribution in [0.1, 0.15) is 27.9 Å². The van der Waals surface area contributed by atoms with Crippen LogP contribution in [0.5, 0.6) is 0 Å². The predicted molar refractivity (Wildman–Crippen MR) is 53.7 cm³/mol. The second-order valence-electron chi connectivity index (χ2n) is 3.30. The maximum atomic E-state index is 11.4. The van der Waals surface area contributed by atoms with Gasteiger partial charge in [-0.1, -0.05) is 12.1 Å². The number of nitrogens with zero attached hydrogens (tertiary/aromatic N) is 1. The zero-order valence-corrected chi connectivity index (χ0v) is 7.66. The Labute approximate surface area is 82.5 Å². The van der Waals surface area contributed by atoms with Gasteiger partial charge in [0.2, 0.25) is 0 Å². The minimum atomic E-state index is 0.215. The van der Waals surface area contributed by atoms with Gasteiger partial charge in [0, 0.05) is 18.1 Å². The second kappa shape index (κ2) is 3.47. The maximum absolute atomic E-state index is 11.4. The number of hydrogen-bond acceptors (Lipinski definition) is 2. The van der Waals surface area contributed by atoms with E-state index in [1.54, 1.807) is 6.08 Å². The van der Waals surface area contributed by atoms with E-state index in [4.69, 9.17) is 5.26 Å². The number of benzene rings is 1. The van der Waals surface area contributed by atoms with Gasteiger partial charge in [0.25, 0.3) is 0 Å². The van der Waals surface area contributed by atoms with Gasteiger partial charge < -0.3 is 0 Å². The van der Waals surface area contributed by atoms with E-state index in [2.05, 4.69) is 0 Å². The van der Waals surface area contributed by atoms with Crippen LogP contribution in [-0.4, -0.2) is 5.78 Å². The molecule has 0 spiro atoms. The molecule has 0 saturated carbocycles. The summed E-state index contributed by atoms with van der Waals surface area (Å²) in [7, 11) is 0. The lowest BCUT2D eigenvalue weighted by molar-refractivity contribution is 0.0994. The van der Waals surface area contributed by atoms with Gasteiger partial charge in [-0.15, -0.1) is 0 Å². The van der Waals surface area contributed by atoms with E-state index in [1.807, 2.05) is 24.3 Å². The lowest BCUT2D eigenvalue weighted by Crippen LogP contribution is -1.91. The van der Waals surface area contributed by atoms with Gasteiger partial charge >= 0.3 is 0 Å². The van der Waals surface area contributed by atoms with E-state index < -0.39 is 0 Å². The van der Waals surface area contributed by atoms with Crippen LogP contribution in [0.2, 0.25) is 0 Å². The van der Waals surface area contributed by atoms with Crippen molar-refractivity contribution in [2.75, 3.05) is 0 Å². The highest BCUT2D eigenvalue weighted by Gasteiger charge is 2.18. The summed E-state index contributed by atoms with van der Waals surface area (Å²) in [5, 5.41) is 8.37. The van der Waals surface area contributed by atoms with Crippen LogP contribution in [0.15, 0.2) is 24.3 Å². The van der Waals surface area contributed by atoms with Crippen molar-refractivity contribution in [3.05, 3.63) is 41.0 Å². The quantitative estimate of drug-likeness (QED) is 0.627. The van der Waals surface area contributed by atoms with Crippen molar-refractivity contribution in [1.82, 2.24) is 0 Å². The number of carbonyl (C=O) groups is 1. The normalized spacial score (nSPS) is 14.4. The molecule has 0 atom stereocenters. The van der Waals surface area contributed by atoms with Crippen molar-refractivity contribution in [2.24, 2.45) is 0 Å². The fraction of sp³-hybridized carbons (Fsp3) is 0.167. The molecule has 1 aromatic rings. The largest absolute Gasteiger partial charge is 0.294 e. The molecule has 14 heavy (non-hydrogen) atoms. The first-order valence-electron chi connectivity index (χ1n) is 4.53. The molecule has 0 aliphatic heterocycles. The van der Waals surface area contributed by atoms with E-state index in [9.17, 15) is 4.79 Å². The van der Waals surface area contributed by atoms with Crippen molar-refractivity contribution in [1.29, 1.82) is 5.26 Å². The highest BCUT2D eigenvalue weighted by Crippen LogP contribution is 2.23. The van der Waals surface area contributed by atoms with Crippen LogP contribution in [0.4, 0.5) is 0 Å². The molecule has 1 aromatic carbocycles. The third kappa shape index (κ3) is 1.45. The predicted octanol–water partition coefficient (Wildman–Crippen LogP) is 2.35. The van der Waals surface area contributed by atoms with Gasteiger partial charge in [-0.2, -0.15) is 5.26 Å². The van der Waals surface area contributed by atoms with Crippen LogP contribution < -0.4 is 0 Å². The Hall–Kier alpha value is -1.88. The van der Waals surface area contributed by atoms with Crippen LogP contribution in [0.25, 0.3) is 6.08 Å². The number of aryl methyl sites for hydroxylation is 1. The third-order valence-electron chi connectivity index (χ3n) is 2.41. The number of ketones is 1. The maximum Gasteiger partial charge on any atom is 0.163 e. The third-order valence-corrected chi connectivity index (χ3v) is 2.41. The van der Waals surface area contributed by atoms with Crippen molar-refractivity contribution >= 4 is 11.9 Å². The summed E-state index contributed by atoms with van der Waals surface area (Å²) in [6.45, 7) is 0. The van der Waals surface area contributed by atoms with Gasteiger partial charge in [0.15, 0.2) is 5.78 Å². The van der Waals surface area contributed by atoms with E-state index in [1.165, 1.54) is 6.08 Å². The molecule has 0 fully saturated rings. The molecule has 0 amide bonds. The molecule has 68 valence electrons. The topological polar surface area (TPSA) is 40.9 Å². The van der Waals surface area contributed by atoms with Gasteiger partial charge in [-0.05, 0) is 29.7 Å². The van der Waals surface area contributed by atoms with Crippen LogP contribution >= 0.6 is 0 Å². The summed E-state index contributed by atoms with van der Waals surface area (Å²) in [6.07, 6.45) is 4.62. The average Bonchev–Trinajstić information content (AvgIpc) is 2.57. The fourth-order valence-electron chi connectivity index (χ4n) is 1.69. The highest BCUT2D eigenvalue weighted by molar-refractivity contribution is 6.00. The van der Waals surface area contributed by atoms with Crippen molar-refractivity contribution in [2.45, 2.75) is 12.8 Å². The first-order chi connectivity index (χ1) is 6.81. The molecule has 0 unspecified atom stereocenters. The Balaban J connectivity index is 2.41. The van der Waals surface area contributed by atoms with Crippen LogP contribution in [0.3, 0.4) is 0 Å². The smallest absolute Gasteiger partial charge is 0.163 e. The molecular formula is C12H9NO. The number of nitriles is 1. The molecule has 2 heteroatoms. The number of fused-ring (bicyclic) bond motifs is 1. The lowest BCUT2D eigenvalue weighted by atomic mass is 10.1. The van der Waals surface area contributed by atoms with Gasteiger partial charge in [0.05, 0.1) is 6.07 Å². The molecule has 0 bridgehead atoms. The summed E-state index contributed by atoms with van der Waals surface area (Å²) in [5.41, 5.74) is 2.87. The molecule has 0 heterocycles. The Morgan fingerprint density at radius 3 is 3.00 bits per heavy atom. The minimum Gasteiger partial charge on any atom is -0.294 e. The number of carbonyl (C=O) groups excluding carboxylic acids is 1. The molecule has 1 aliphatic rings. The van der Waals surface area contributed by atoms with Crippen molar-refractivity contribution < 1.29 is 4.79 Å². The average molecular weight is 183 g/mol. The Morgan fingerprint density at radius 2 is 2.21 bits per heavy atom. The zero-order valence-electron chi connectivity index (χ0n) is 7.66. The Morgan fingerprint density at radius 1 is 1.36 bits per heavy atom. The first-order valence-corrected chi connectivity index (χ1v) is 4.53. The van der Waals surface area contributed by atoms with E-state index >= 15 is 0 Å². The highest BCUT2D eigenvalue weighted by atomic mass is 16.1. The fourth-order valence-corrected chi connectivity index (χ4v) is 1.69. The van der Waals surface area contributed by atoms with E-state index in [0.717, 1.165) is 23.1 Å². The monoisotopic (exact) mass is 183 g/mol. The lowest BCUT2D eigenvalue weighted by Gasteiger charge is -1.98. The van der Waals surface area contributed by atoms with Gasteiger partial charge in [-0.25, -0.2) is 0 Å². The summed E-state index contributed by atoms with van der Waals surface area (Å²) in [6, 6.07) is 7.69. The van der Waals surface area contributed by atoms with E-state index in [-0.39, 0.29) is 5.78 Å². The Kier molecular flexibility index (Phi) is 2.16. The Bertz CT molecular complexity index is 452. The molecule has 1 aliphatic carbocycles. The van der Waals surface area contributed by atoms with Crippen LogP contribution in [0, 0.1) is 11.3 Å². The summed E-state index contributed by atoms with van der Waals surface area (Å²) >= 11 is 0. The van der Waals surface area contributed by atoms with E-state index in [0.29, 0.717) is 6.42 Å². The standard InChI is InChI=1S/C12H9NO/c13-7-1-2-9-3-4-10-5-6-12(14)11(10)8-9/h1-4,8H,5-6H2. The minimum absolute atomic E-state index is 0.215. The number of Topliss-reactive ketones (excluding diaryl/α,β-unsaturated/α-hetero) is 1. The number of allylic oxidation sites excluding steroid dienone is 1. The number of rotatable bonds is 1. The second-order valence-corrected chi connectivity index (χ2v) is 3.30. The summed E-state index contributed by atoms with van der Waals surface area (Å²) in [4.78, 5) is 11.4. The van der Waals surface area contributed by atoms with Crippen molar-refractivity contribution in [3.8, 4) is 6.07 Å². The van der Waals surface area contributed by atoms with Crippen molar-refractivity contribution in [3.63, 3.8) is 0 Å². The van der Waals surface area contributed by atoms with Gasteiger partial charge in [0.1, 0.15) is 0 Å².